The Kier molecular flexibility index (Phi) is 5.43. The van der Waals surface area contributed by atoms with E-state index in [1.165, 1.54) is 0 Å². The lowest BCUT2D eigenvalue weighted by atomic mass is 10.1. The number of carbonyl (C=O) groups excluding carboxylic acids is 1. The molecule has 0 unspecified atom stereocenters. The number of carbonyl (C=O) groups is 1. The zero-order valence-electron chi connectivity index (χ0n) is 11.8. The fourth-order valence-electron chi connectivity index (χ4n) is 2.22. The predicted molar refractivity (Wildman–Crippen MR) is 80.8 cm³/mol. The minimum absolute atomic E-state index is 0.00950. The number of rotatable bonds is 5. The van der Waals surface area contributed by atoms with Gasteiger partial charge in [-0.1, -0.05) is 12.1 Å². The Morgan fingerprint density at radius 3 is 2.85 bits per heavy atom. The van der Waals surface area contributed by atoms with Gasteiger partial charge in [-0.2, -0.15) is 0 Å². The first-order chi connectivity index (χ1) is 9.58. The molecule has 3 atom stereocenters. The molecule has 1 aromatic rings. The van der Waals surface area contributed by atoms with E-state index in [1.54, 1.807) is 6.92 Å². The topological polar surface area (TPSA) is 47.6 Å². The summed E-state index contributed by atoms with van der Waals surface area (Å²) in [5.74, 6) is 0.545. The number of hydrogen-bond acceptors (Lipinski definition) is 3. The molecule has 0 aliphatic carbocycles. The average Bonchev–Trinajstić information content (AvgIpc) is 2.95. The number of para-hydroxylation sites is 1. The summed E-state index contributed by atoms with van der Waals surface area (Å²) in [5, 5.41) is 2.96. The van der Waals surface area contributed by atoms with Crippen molar-refractivity contribution >= 4 is 21.8 Å². The Bertz CT molecular complexity index is 460. The van der Waals surface area contributed by atoms with Gasteiger partial charge in [-0.15, -0.1) is 0 Å². The van der Waals surface area contributed by atoms with E-state index in [1.807, 2.05) is 31.2 Å². The number of ether oxygens (including phenoxy) is 2. The lowest BCUT2D eigenvalue weighted by molar-refractivity contribution is -0.128. The third kappa shape index (κ3) is 3.96. The van der Waals surface area contributed by atoms with Gasteiger partial charge in [0.05, 0.1) is 16.6 Å². The van der Waals surface area contributed by atoms with Gasteiger partial charge in [0.25, 0.3) is 5.91 Å². The molecule has 1 aliphatic heterocycles. The fraction of sp³-hybridized carbons (Fsp3) is 0.533. The number of halogens is 1. The molecule has 1 amide bonds. The SMILES string of the molecule is C[C@H](NC(=O)[C@@H](C)Oc1ccccc1Br)[C@H]1CCCO1. The fourth-order valence-corrected chi connectivity index (χ4v) is 2.59. The minimum atomic E-state index is -0.544. The molecular weight excluding hydrogens is 322 g/mol. The van der Waals surface area contributed by atoms with Gasteiger partial charge < -0.3 is 14.8 Å². The first-order valence-electron chi connectivity index (χ1n) is 6.91. The van der Waals surface area contributed by atoms with Crippen LogP contribution in [0, 0.1) is 0 Å². The smallest absolute Gasteiger partial charge is 0.261 e. The van der Waals surface area contributed by atoms with Crippen molar-refractivity contribution in [1.82, 2.24) is 5.32 Å². The highest BCUT2D eigenvalue weighted by Gasteiger charge is 2.25. The highest BCUT2D eigenvalue weighted by molar-refractivity contribution is 9.10. The molecule has 0 radical (unpaired) electrons. The Morgan fingerprint density at radius 2 is 2.20 bits per heavy atom. The summed E-state index contributed by atoms with van der Waals surface area (Å²) in [6.07, 6.45) is 1.64. The third-order valence-corrected chi connectivity index (χ3v) is 4.06. The number of benzene rings is 1. The van der Waals surface area contributed by atoms with Crippen LogP contribution < -0.4 is 10.1 Å². The van der Waals surface area contributed by atoms with E-state index in [4.69, 9.17) is 9.47 Å². The lowest BCUT2D eigenvalue weighted by Gasteiger charge is -2.22. The number of nitrogens with one attached hydrogen (secondary N) is 1. The molecule has 0 bridgehead atoms. The van der Waals surface area contributed by atoms with Crippen LogP contribution in [0.2, 0.25) is 0 Å². The van der Waals surface area contributed by atoms with E-state index in [2.05, 4.69) is 21.2 Å². The molecule has 20 heavy (non-hydrogen) atoms. The molecule has 1 heterocycles. The molecule has 110 valence electrons. The number of amides is 1. The van der Waals surface area contributed by atoms with Crippen LogP contribution in [-0.2, 0) is 9.53 Å². The summed E-state index contributed by atoms with van der Waals surface area (Å²) in [4.78, 5) is 12.1. The second-order valence-electron chi connectivity index (χ2n) is 5.04. The summed E-state index contributed by atoms with van der Waals surface area (Å²) >= 11 is 3.40. The average molecular weight is 342 g/mol. The summed E-state index contributed by atoms with van der Waals surface area (Å²) in [6, 6.07) is 7.50. The van der Waals surface area contributed by atoms with Crippen molar-refractivity contribution in [1.29, 1.82) is 0 Å². The van der Waals surface area contributed by atoms with Gasteiger partial charge >= 0.3 is 0 Å². The maximum Gasteiger partial charge on any atom is 0.261 e. The van der Waals surface area contributed by atoms with Crippen LogP contribution in [0.3, 0.4) is 0 Å². The molecule has 1 aliphatic rings. The van der Waals surface area contributed by atoms with Crippen molar-refractivity contribution in [2.45, 2.75) is 44.9 Å². The Balaban J connectivity index is 1.87. The van der Waals surface area contributed by atoms with Gasteiger partial charge in [-0.05, 0) is 54.8 Å². The van der Waals surface area contributed by atoms with Gasteiger partial charge in [0.15, 0.2) is 6.10 Å². The summed E-state index contributed by atoms with van der Waals surface area (Å²) in [6.45, 7) is 4.50. The van der Waals surface area contributed by atoms with Crippen LogP contribution in [0.5, 0.6) is 5.75 Å². The molecule has 0 saturated carbocycles. The molecule has 1 aromatic carbocycles. The first kappa shape index (κ1) is 15.3. The largest absolute Gasteiger partial charge is 0.480 e. The standard InChI is InChI=1S/C15H20BrNO3/c1-10(13-8-5-9-19-13)17-15(18)11(2)20-14-7-4-3-6-12(14)16/h3-4,6-7,10-11,13H,5,8-9H2,1-2H3,(H,17,18)/t10-,11+,13+/m0/s1. The quantitative estimate of drug-likeness (QED) is 0.895. The molecule has 1 N–H and O–H groups in total. The van der Waals surface area contributed by atoms with Gasteiger partial charge in [0.2, 0.25) is 0 Å². The predicted octanol–water partition coefficient (Wildman–Crippen LogP) is 2.90. The van der Waals surface area contributed by atoms with E-state index in [-0.39, 0.29) is 18.1 Å². The van der Waals surface area contributed by atoms with Crippen molar-refractivity contribution < 1.29 is 14.3 Å². The molecule has 5 heteroatoms. The van der Waals surface area contributed by atoms with Crippen molar-refractivity contribution in [2.24, 2.45) is 0 Å². The highest BCUT2D eigenvalue weighted by atomic mass is 79.9. The Hall–Kier alpha value is -1.07. The van der Waals surface area contributed by atoms with E-state index < -0.39 is 6.10 Å². The monoisotopic (exact) mass is 341 g/mol. The molecular formula is C15H20BrNO3. The van der Waals surface area contributed by atoms with Crippen molar-refractivity contribution in [3.63, 3.8) is 0 Å². The molecule has 2 rings (SSSR count). The molecule has 4 nitrogen and oxygen atoms in total. The first-order valence-corrected chi connectivity index (χ1v) is 7.70. The lowest BCUT2D eigenvalue weighted by Crippen LogP contribution is -2.46. The molecule has 0 spiro atoms. The van der Waals surface area contributed by atoms with Crippen LogP contribution in [0.1, 0.15) is 26.7 Å². The van der Waals surface area contributed by atoms with Gasteiger partial charge in [0.1, 0.15) is 5.75 Å². The minimum Gasteiger partial charge on any atom is -0.480 e. The van der Waals surface area contributed by atoms with Crippen LogP contribution >= 0.6 is 15.9 Å². The van der Waals surface area contributed by atoms with Gasteiger partial charge in [-0.25, -0.2) is 0 Å². The van der Waals surface area contributed by atoms with Crippen molar-refractivity contribution in [3.8, 4) is 5.75 Å². The summed E-state index contributed by atoms with van der Waals surface area (Å²) in [5.41, 5.74) is 0. The van der Waals surface area contributed by atoms with E-state index in [0.29, 0.717) is 5.75 Å². The van der Waals surface area contributed by atoms with Crippen molar-refractivity contribution in [3.05, 3.63) is 28.7 Å². The van der Waals surface area contributed by atoms with E-state index in [9.17, 15) is 4.79 Å². The maximum atomic E-state index is 12.1. The Morgan fingerprint density at radius 1 is 1.45 bits per heavy atom. The molecule has 0 aromatic heterocycles. The van der Waals surface area contributed by atoms with Gasteiger partial charge in [0, 0.05) is 6.61 Å². The summed E-state index contributed by atoms with van der Waals surface area (Å²) in [7, 11) is 0. The van der Waals surface area contributed by atoms with Crippen LogP contribution in [-0.4, -0.2) is 30.8 Å². The second-order valence-corrected chi connectivity index (χ2v) is 5.89. The maximum absolute atomic E-state index is 12.1. The third-order valence-electron chi connectivity index (χ3n) is 3.40. The number of hydrogen-bond donors (Lipinski definition) is 1. The van der Waals surface area contributed by atoms with Crippen LogP contribution in [0.4, 0.5) is 0 Å². The zero-order valence-corrected chi connectivity index (χ0v) is 13.4. The summed E-state index contributed by atoms with van der Waals surface area (Å²) < 4.78 is 12.1. The van der Waals surface area contributed by atoms with E-state index in [0.717, 1.165) is 23.9 Å². The molecule has 1 saturated heterocycles. The molecule has 1 fully saturated rings. The van der Waals surface area contributed by atoms with Crippen molar-refractivity contribution in [2.75, 3.05) is 6.61 Å². The van der Waals surface area contributed by atoms with Crippen LogP contribution in [0.15, 0.2) is 28.7 Å². The normalized spacial score (nSPS) is 21.2. The highest BCUT2D eigenvalue weighted by Crippen LogP contribution is 2.25. The van der Waals surface area contributed by atoms with Gasteiger partial charge in [-0.3, -0.25) is 4.79 Å². The Labute approximate surface area is 128 Å². The van der Waals surface area contributed by atoms with E-state index >= 15 is 0 Å². The second kappa shape index (κ2) is 7.09. The van der Waals surface area contributed by atoms with Crippen LogP contribution in [0.25, 0.3) is 0 Å². The zero-order chi connectivity index (χ0) is 14.5.